The smallest absolute Gasteiger partial charge is 0.159 e. The molecular formula is C37H26N4. The highest BCUT2D eigenvalue weighted by Crippen LogP contribution is 2.49. The van der Waals surface area contributed by atoms with E-state index < -0.39 is 0 Å². The molecule has 1 aliphatic carbocycles. The Morgan fingerprint density at radius 2 is 1.12 bits per heavy atom. The first-order chi connectivity index (χ1) is 20.1. The fraction of sp³-hybridized carbons (Fsp3) is 0.0811. The summed E-state index contributed by atoms with van der Waals surface area (Å²) in [4.78, 5) is 19.8. The number of fused-ring (bicyclic) bond motifs is 6. The maximum Gasteiger partial charge on any atom is 0.159 e. The van der Waals surface area contributed by atoms with Gasteiger partial charge in [-0.2, -0.15) is 0 Å². The van der Waals surface area contributed by atoms with Gasteiger partial charge in [-0.05, 0) is 46.5 Å². The van der Waals surface area contributed by atoms with Gasteiger partial charge in [-0.1, -0.05) is 105 Å². The number of pyridine rings is 2. The monoisotopic (exact) mass is 526 g/mol. The van der Waals surface area contributed by atoms with E-state index in [2.05, 4.69) is 104 Å². The van der Waals surface area contributed by atoms with E-state index in [4.69, 9.17) is 15.0 Å². The average Bonchev–Trinajstić information content (AvgIpc) is 3.27. The third-order valence-corrected chi connectivity index (χ3v) is 8.35. The zero-order valence-electron chi connectivity index (χ0n) is 22.8. The van der Waals surface area contributed by atoms with Crippen molar-refractivity contribution in [3.63, 3.8) is 0 Å². The molecule has 0 saturated heterocycles. The molecule has 1 aliphatic rings. The van der Waals surface area contributed by atoms with Crippen molar-refractivity contribution in [3.8, 4) is 45.2 Å². The van der Waals surface area contributed by atoms with E-state index in [-0.39, 0.29) is 5.41 Å². The topological polar surface area (TPSA) is 51.6 Å². The van der Waals surface area contributed by atoms with Crippen molar-refractivity contribution in [2.75, 3.05) is 0 Å². The van der Waals surface area contributed by atoms with Crippen molar-refractivity contribution in [2.24, 2.45) is 0 Å². The number of nitrogens with zero attached hydrogens (tertiary/aromatic N) is 4. The lowest BCUT2D eigenvalue weighted by Crippen LogP contribution is -2.15. The molecule has 0 aliphatic heterocycles. The molecule has 0 amide bonds. The number of aromatic nitrogens is 4. The SMILES string of the molecule is CC1(C)c2ccccc2-c2ccc(-c3nccc(-c4ccc5ccc6ccc(-c7ccccc7)nc6c5n4)n3)cc21. The standard InChI is InChI=1S/C37H26N4/c1-37(2)29-11-7-6-10-27(29)28-17-14-26(22-30(28)37)36-38-21-20-33(41-36)32-19-16-25-13-12-24-15-18-31(23-8-4-3-5-9-23)39-34(24)35(25)40-32/h3-22H,1-2H3. The molecule has 0 atom stereocenters. The summed E-state index contributed by atoms with van der Waals surface area (Å²) in [7, 11) is 0. The van der Waals surface area contributed by atoms with Crippen LogP contribution in [-0.2, 0) is 5.41 Å². The highest BCUT2D eigenvalue weighted by molar-refractivity contribution is 6.04. The van der Waals surface area contributed by atoms with Crippen LogP contribution >= 0.6 is 0 Å². The summed E-state index contributed by atoms with van der Waals surface area (Å²) < 4.78 is 0. The molecule has 0 unspecified atom stereocenters. The number of hydrogen-bond acceptors (Lipinski definition) is 4. The number of benzene rings is 4. The minimum atomic E-state index is -0.0773. The van der Waals surface area contributed by atoms with Crippen molar-refractivity contribution in [3.05, 3.63) is 133 Å². The van der Waals surface area contributed by atoms with E-state index in [0.29, 0.717) is 5.82 Å². The molecule has 3 heterocycles. The van der Waals surface area contributed by atoms with Gasteiger partial charge in [-0.3, -0.25) is 0 Å². The van der Waals surface area contributed by atoms with Crippen LogP contribution in [0.4, 0.5) is 0 Å². The van der Waals surface area contributed by atoms with Crippen LogP contribution in [0.5, 0.6) is 0 Å². The van der Waals surface area contributed by atoms with E-state index >= 15 is 0 Å². The van der Waals surface area contributed by atoms with E-state index in [1.807, 2.05) is 36.5 Å². The van der Waals surface area contributed by atoms with E-state index in [0.717, 1.165) is 50.0 Å². The van der Waals surface area contributed by atoms with Gasteiger partial charge in [0.1, 0.15) is 0 Å². The summed E-state index contributed by atoms with van der Waals surface area (Å²) in [6, 6.07) is 40.0. The molecule has 0 saturated carbocycles. The number of hydrogen-bond donors (Lipinski definition) is 0. The second kappa shape index (κ2) is 8.90. The van der Waals surface area contributed by atoms with E-state index in [9.17, 15) is 0 Å². The second-order valence-corrected chi connectivity index (χ2v) is 11.2. The van der Waals surface area contributed by atoms with Gasteiger partial charge in [0.2, 0.25) is 0 Å². The lowest BCUT2D eigenvalue weighted by Gasteiger charge is -2.21. The molecule has 0 fully saturated rings. The lowest BCUT2D eigenvalue weighted by atomic mass is 9.82. The summed E-state index contributed by atoms with van der Waals surface area (Å²) in [5.74, 6) is 0.696. The summed E-state index contributed by atoms with van der Waals surface area (Å²) >= 11 is 0. The molecule has 8 rings (SSSR count). The molecule has 4 heteroatoms. The van der Waals surface area contributed by atoms with Crippen LogP contribution in [0.25, 0.3) is 67.0 Å². The van der Waals surface area contributed by atoms with Crippen molar-refractivity contribution in [1.82, 2.24) is 19.9 Å². The van der Waals surface area contributed by atoms with Crippen molar-refractivity contribution < 1.29 is 0 Å². The van der Waals surface area contributed by atoms with Gasteiger partial charge in [0.15, 0.2) is 5.82 Å². The van der Waals surface area contributed by atoms with Gasteiger partial charge in [0.05, 0.1) is 28.1 Å². The molecule has 194 valence electrons. The lowest BCUT2D eigenvalue weighted by molar-refractivity contribution is 0.660. The van der Waals surface area contributed by atoms with Gasteiger partial charge in [-0.15, -0.1) is 0 Å². The Hall–Kier alpha value is -5.22. The molecule has 0 N–H and O–H groups in total. The van der Waals surface area contributed by atoms with E-state index in [1.54, 1.807) is 0 Å². The van der Waals surface area contributed by atoms with Crippen molar-refractivity contribution >= 4 is 21.8 Å². The molecule has 0 radical (unpaired) electrons. The summed E-state index contributed by atoms with van der Waals surface area (Å²) in [6.45, 7) is 4.58. The van der Waals surface area contributed by atoms with Gasteiger partial charge >= 0.3 is 0 Å². The normalized spacial score (nSPS) is 13.3. The highest BCUT2D eigenvalue weighted by Gasteiger charge is 2.35. The molecule has 7 aromatic rings. The summed E-state index contributed by atoms with van der Waals surface area (Å²) in [5, 5.41) is 2.11. The Morgan fingerprint density at radius 1 is 0.488 bits per heavy atom. The zero-order valence-corrected chi connectivity index (χ0v) is 22.8. The molecule has 4 nitrogen and oxygen atoms in total. The Bertz CT molecular complexity index is 2130. The molecule has 0 bridgehead atoms. The van der Waals surface area contributed by atoms with Crippen LogP contribution < -0.4 is 0 Å². The third kappa shape index (κ3) is 3.75. The van der Waals surface area contributed by atoms with Crippen LogP contribution in [0.1, 0.15) is 25.0 Å². The van der Waals surface area contributed by atoms with Gasteiger partial charge in [0, 0.05) is 33.5 Å². The van der Waals surface area contributed by atoms with E-state index in [1.165, 1.54) is 22.3 Å². The predicted molar refractivity (Wildman–Crippen MR) is 167 cm³/mol. The van der Waals surface area contributed by atoms with Crippen molar-refractivity contribution in [1.29, 1.82) is 0 Å². The first-order valence-electron chi connectivity index (χ1n) is 13.9. The number of rotatable bonds is 3. The fourth-order valence-electron chi connectivity index (χ4n) is 6.16. The minimum absolute atomic E-state index is 0.0773. The molecule has 3 aromatic heterocycles. The van der Waals surface area contributed by atoms with Crippen LogP contribution in [0.2, 0.25) is 0 Å². The highest BCUT2D eigenvalue weighted by atomic mass is 14.9. The maximum absolute atomic E-state index is 5.10. The Balaban J connectivity index is 1.22. The van der Waals surface area contributed by atoms with Crippen molar-refractivity contribution in [2.45, 2.75) is 19.3 Å². The van der Waals surface area contributed by atoms with Crippen LogP contribution in [0.15, 0.2) is 121 Å². The van der Waals surface area contributed by atoms with Crippen LogP contribution in [-0.4, -0.2) is 19.9 Å². The quantitative estimate of drug-likeness (QED) is 0.216. The molecule has 41 heavy (non-hydrogen) atoms. The Morgan fingerprint density at radius 3 is 1.93 bits per heavy atom. The second-order valence-electron chi connectivity index (χ2n) is 11.2. The predicted octanol–water partition coefficient (Wildman–Crippen LogP) is 8.88. The van der Waals surface area contributed by atoms with Crippen LogP contribution in [0.3, 0.4) is 0 Å². The summed E-state index contributed by atoms with van der Waals surface area (Å²) in [5.41, 5.74) is 11.6. The summed E-state index contributed by atoms with van der Waals surface area (Å²) in [6.07, 6.45) is 1.82. The minimum Gasteiger partial charge on any atom is -0.245 e. The molecule has 0 spiro atoms. The Labute approximate surface area is 238 Å². The molecular weight excluding hydrogens is 500 g/mol. The maximum atomic E-state index is 5.10. The van der Waals surface area contributed by atoms with Crippen LogP contribution in [0, 0.1) is 0 Å². The molecule has 4 aromatic carbocycles. The first kappa shape index (κ1) is 23.6. The fourth-order valence-corrected chi connectivity index (χ4v) is 6.16. The average molecular weight is 527 g/mol. The third-order valence-electron chi connectivity index (χ3n) is 8.35. The zero-order chi connectivity index (χ0) is 27.6. The van der Waals surface area contributed by atoms with Gasteiger partial charge in [0.25, 0.3) is 0 Å². The largest absolute Gasteiger partial charge is 0.245 e. The van der Waals surface area contributed by atoms with Gasteiger partial charge in [-0.25, -0.2) is 19.9 Å². The Kier molecular flexibility index (Phi) is 5.13. The van der Waals surface area contributed by atoms with Gasteiger partial charge < -0.3 is 0 Å². The first-order valence-corrected chi connectivity index (χ1v) is 13.9.